The van der Waals surface area contributed by atoms with Gasteiger partial charge in [-0.25, -0.2) is 4.98 Å². The molecule has 2 amide bonds. The first-order valence-corrected chi connectivity index (χ1v) is 8.17. The summed E-state index contributed by atoms with van der Waals surface area (Å²) in [4.78, 5) is 39.9. The molecule has 1 aliphatic rings. The van der Waals surface area contributed by atoms with Gasteiger partial charge in [0, 0.05) is 17.4 Å². The highest BCUT2D eigenvalue weighted by atomic mass is 16.4. The van der Waals surface area contributed by atoms with Crippen molar-refractivity contribution in [2.24, 2.45) is 17.3 Å². The van der Waals surface area contributed by atoms with Crippen LogP contribution in [0.1, 0.15) is 24.2 Å². The van der Waals surface area contributed by atoms with Crippen LogP contribution in [-0.2, 0) is 9.59 Å². The van der Waals surface area contributed by atoms with Crippen LogP contribution >= 0.6 is 0 Å². The monoisotopic (exact) mass is 353 g/mol. The van der Waals surface area contributed by atoms with Gasteiger partial charge in [-0.1, -0.05) is 26.0 Å². The molecule has 3 N–H and O–H groups in total. The third-order valence-corrected chi connectivity index (χ3v) is 4.67. The SMILES string of the molecule is CC1(C)C(C(=O)O)C1C(=O)Nc1cccc(C(=O)Nc2ccccn2)c1. The lowest BCUT2D eigenvalue weighted by Crippen LogP contribution is -2.18. The number of hydrogen-bond donors (Lipinski definition) is 3. The predicted molar refractivity (Wildman–Crippen MR) is 95.7 cm³/mol. The molecule has 7 nitrogen and oxygen atoms in total. The molecule has 1 fully saturated rings. The van der Waals surface area contributed by atoms with E-state index in [-0.39, 0.29) is 11.8 Å². The summed E-state index contributed by atoms with van der Waals surface area (Å²) >= 11 is 0. The highest BCUT2D eigenvalue weighted by molar-refractivity contribution is 6.05. The molecule has 3 rings (SSSR count). The third-order valence-electron chi connectivity index (χ3n) is 4.67. The van der Waals surface area contributed by atoms with E-state index in [0.717, 1.165) is 0 Å². The molecule has 26 heavy (non-hydrogen) atoms. The Morgan fingerprint density at radius 3 is 2.42 bits per heavy atom. The maximum absolute atomic E-state index is 12.4. The van der Waals surface area contributed by atoms with Gasteiger partial charge in [-0.2, -0.15) is 0 Å². The molecule has 1 aliphatic carbocycles. The number of nitrogens with one attached hydrogen (secondary N) is 2. The number of carbonyl (C=O) groups excluding carboxylic acids is 2. The second-order valence-electron chi connectivity index (χ2n) is 6.85. The van der Waals surface area contributed by atoms with E-state index in [0.29, 0.717) is 17.1 Å². The van der Waals surface area contributed by atoms with E-state index in [9.17, 15) is 19.5 Å². The molecule has 2 atom stereocenters. The van der Waals surface area contributed by atoms with Crippen molar-refractivity contribution in [1.82, 2.24) is 4.98 Å². The van der Waals surface area contributed by atoms with Crippen LogP contribution in [0.4, 0.5) is 11.5 Å². The maximum atomic E-state index is 12.4. The molecular weight excluding hydrogens is 334 g/mol. The van der Waals surface area contributed by atoms with Crippen LogP contribution in [0.3, 0.4) is 0 Å². The molecule has 0 spiro atoms. The van der Waals surface area contributed by atoms with Crippen molar-refractivity contribution in [3.8, 4) is 0 Å². The Hall–Kier alpha value is -3.22. The van der Waals surface area contributed by atoms with Gasteiger partial charge in [0.15, 0.2) is 0 Å². The number of benzene rings is 1. The number of rotatable bonds is 5. The summed E-state index contributed by atoms with van der Waals surface area (Å²) in [5.41, 5.74) is 0.220. The molecular formula is C19H19N3O4. The number of aliphatic carboxylic acids is 1. The number of anilines is 2. The van der Waals surface area contributed by atoms with E-state index in [4.69, 9.17) is 0 Å². The van der Waals surface area contributed by atoms with E-state index >= 15 is 0 Å². The molecule has 7 heteroatoms. The molecule has 2 unspecified atom stereocenters. The molecule has 0 radical (unpaired) electrons. The number of hydrogen-bond acceptors (Lipinski definition) is 4. The highest BCUT2D eigenvalue weighted by Gasteiger charge is 2.65. The van der Waals surface area contributed by atoms with Crippen molar-refractivity contribution in [2.45, 2.75) is 13.8 Å². The van der Waals surface area contributed by atoms with Gasteiger partial charge in [-0.15, -0.1) is 0 Å². The minimum atomic E-state index is -0.973. The number of carboxylic acid groups (broad SMARTS) is 1. The number of aromatic nitrogens is 1. The first-order chi connectivity index (χ1) is 12.3. The summed E-state index contributed by atoms with van der Waals surface area (Å²) in [6.45, 7) is 3.51. The molecule has 1 aromatic carbocycles. The molecule has 1 saturated carbocycles. The van der Waals surface area contributed by atoms with Gasteiger partial charge in [-0.3, -0.25) is 14.4 Å². The molecule has 0 saturated heterocycles. The van der Waals surface area contributed by atoms with Gasteiger partial charge < -0.3 is 15.7 Å². The normalized spacial score (nSPS) is 20.1. The van der Waals surface area contributed by atoms with Crippen molar-refractivity contribution >= 4 is 29.3 Å². The fourth-order valence-corrected chi connectivity index (χ4v) is 3.17. The zero-order valence-electron chi connectivity index (χ0n) is 14.4. The summed E-state index contributed by atoms with van der Waals surface area (Å²) in [6.07, 6.45) is 1.57. The van der Waals surface area contributed by atoms with E-state index in [1.54, 1.807) is 62.5 Å². The van der Waals surface area contributed by atoms with Gasteiger partial charge in [0.25, 0.3) is 5.91 Å². The van der Waals surface area contributed by atoms with Gasteiger partial charge in [-0.05, 0) is 35.7 Å². The second kappa shape index (κ2) is 6.59. The van der Waals surface area contributed by atoms with Crippen molar-refractivity contribution in [3.63, 3.8) is 0 Å². The summed E-state index contributed by atoms with van der Waals surface area (Å²) in [5, 5.41) is 14.6. The maximum Gasteiger partial charge on any atom is 0.307 e. The van der Waals surface area contributed by atoms with Crippen LogP contribution < -0.4 is 10.6 Å². The first-order valence-electron chi connectivity index (χ1n) is 8.17. The number of carbonyl (C=O) groups is 3. The molecule has 2 aromatic rings. The molecule has 1 heterocycles. The number of pyridine rings is 1. The fraction of sp³-hybridized carbons (Fsp3) is 0.263. The Morgan fingerprint density at radius 2 is 1.81 bits per heavy atom. The molecule has 1 aromatic heterocycles. The zero-order valence-corrected chi connectivity index (χ0v) is 14.4. The lowest BCUT2D eigenvalue weighted by Gasteiger charge is -2.08. The van der Waals surface area contributed by atoms with Gasteiger partial charge in [0.1, 0.15) is 5.82 Å². The first kappa shape index (κ1) is 17.6. The quantitative estimate of drug-likeness (QED) is 0.766. The van der Waals surface area contributed by atoms with Crippen LogP contribution in [0.5, 0.6) is 0 Å². The Balaban J connectivity index is 1.69. The largest absolute Gasteiger partial charge is 0.481 e. The van der Waals surface area contributed by atoms with E-state index in [2.05, 4.69) is 15.6 Å². The van der Waals surface area contributed by atoms with Crippen molar-refractivity contribution < 1.29 is 19.5 Å². The molecule has 134 valence electrons. The van der Waals surface area contributed by atoms with Crippen molar-refractivity contribution in [3.05, 3.63) is 54.2 Å². The predicted octanol–water partition coefficient (Wildman–Crippen LogP) is 2.63. The van der Waals surface area contributed by atoms with E-state index < -0.39 is 23.2 Å². The minimum Gasteiger partial charge on any atom is -0.481 e. The second-order valence-corrected chi connectivity index (χ2v) is 6.85. The Labute approximate surface area is 150 Å². The average molecular weight is 353 g/mol. The summed E-state index contributed by atoms with van der Waals surface area (Å²) in [6, 6.07) is 11.6. The summed E-state index contributed by atoms with van der Waals surface area (Å²) < 4.78 is 0. The van der Waals surface area contributed by atoms with Crippen molar-refractivity contribution in [2.75, 3.05) is 10.6 Å². The van der Waals surface area contributed by atoms with Crippen molar-refractivity contribution in [1.29, 1.82) is 0 Å². The molecule has 0 bridgehead atoms. The number of amides is 2. The van der Waals surface area contributed by atoms with Gasteiger partial charge >= 0.3 is 5.97 Å². The van der Waals surface area contributed by atoms with Gasteiger partial charge in [0.05, 0.1) is 11.8 Å². The Bertz CT molecular complexity index is 864. The third kappa shape index (κ3) is 3.42. The topological polar surface area (TPSA) is 108 Å². The molecule has 0 aliphatic heterocycles. The van der Waals surface area contributed by atoms with E-state index in [1.165, 1.54) is 0 Å². The zero-order chi connectivity index (χ0) is 18.9. The number of nitrogens with zero attached hydrogens (tertiary/aromatic N) is 1. The number of carboxylic acids is 1. The standard InChI is InChI=1S/C19H19N3O4/c1-19(2)14(15(19)18(25)26)17(24)21-12-7-5-6-11(10-12)16(23)22-13-8-3-4-9-20-13/h3-10,14-15H,1-2H3,(H,21,24)(H,25,26)(H,20,22,23). The van der Waals surface area contributed by atoms with E-state index in [1.807, 2.05) is 0 Å². The minimum absolute atomic E-state index is 0.352. The fourth-order valence-electron chi connectivity index (χ4n) is 3.17. The lowest BCUT2D eigenvalue weighted by atomic mass is 10.1. The Kier molecular flexibility index (Phi) is 4.46. The lowest BCUT2D eigenvalue weighted by molar-refractivity contribution is -0.140. The average Bonchev–Trinajstić information content (AvgIpc) is 3.19. The summed E-state index contributed by atoms with van der Waals surface area (Å²) in [7, 11) is 0. The van der Waals surface area contributed by atoms with Crippen LogP contribution in [0.25, 0.3) is 0 Å². The van der Waals surface area contributed by atoms with Crippen LogP contribution in [-0.4, -0.2) is 27.9 Å². The van der Waals surface area contributed by atoms with Crippen LogP contribution in [0.2, 0.25) is 0 Å². The Morgan fingerprint density at radius 1 is 1.04 bits per heavy atom. The van der Waals surface area contributed by atoms with Crippen LogP contribution in [0, 0.1) is 17.3 Å². The summed E-state index contributed by atoms with van der Waals surface area (Å²) in [5.74, 6) is -2.54. The van der Waals surface area contributed by atoms with Crippen LogP contribution in [0.15, 0.2) is 48.7 Å². The smallest absolute Gasteiger partial charge is 0.307 e. The highest BCUT2D eigenvalue weighted by Crippen LogP contribution is 2.58. The van der Waals surface area contributed by atoms with Gasteiger partial charge in [0.2, 0.25) is 5.91 Å².